The summed E-state index contributed by atoms with van der Waals surface area (Å²) in [6, 6.07) is 8.16. The molecule has 37 heavy (non-hydrogen) atoms. The lowest BCUT2D eigenvalue weighted by Gasteiger charge is -2.36. The second-order valence-electron chi connectivity index (χ2n) is 11.8. The Morgan fingerprint density at radius 1 is 1.00 bits per heavy atom. The Bertz CT molecular complexity index is 972. The first-order valence-electron chi connectivity index (χ1n) is 14.3. The molecule has 2 aliphatic carbocycles. The van der Waals surface area contributed by atoms with Crippen LogP contribution in [0.4, 0.5) is 0 Å². The molecule has 0 radical (unpaired) electrons. The standard InChI is InChI=1S/C30H48O6S/c1-24(36-37(32,33)22-30-20-19-26(21-28(30)31)29(30,2)3)15-11-9-7-5-6-8-10-12-16-25-17-13-14-18-27(25)35-23-34-4/h13-14,17-18,24,26H,5-12,15-16,19-23H2,1-4H3/t24-,26+,30+/m0/s1. The van der Waals surface area contributed by atoms with Crippen molar-refractivity contribution in [1.29, 1.82) is 0 Å². The zero-order chi connectivity index (χ0) is 26.9. The summed E-state index contributed by atoms with van der Waals surface area (Å²) in [7, 11) is -2.10. The average Bonchev–Trinajstić information content (AvgIpc) is 3.18. The molecule has 0 unspecified atom stereocenters. The second kappa shape index (κ2) is 13.6. The number of fused-ring (bicyclic) bond motifs is 2. The fourth-order valence-electron chi connectivity index (χ4n) is 6.52. The molecular formula is C30H48O6S. The molecule has 3 atom stereocenters. The molecule has 0 aliphatic heterocycles. The van der Waals surface area contributed by atoms with E-state index in [2.05, 4.69) is 26.0 Å². The van der Waals surface area contributed by atoms with Gasteiger partial charge in [-0.1, -0.05) is 77.0 Å². The number of aryl methyl sites for hydroxylation is 1. The van der Waals surface area contributed by atoms with Crippen molar-refractivity contribution in [1.82, 2.24) is 0 Å². The van der Waals surface area contributed by atoms with Gasteiger partial charge >= 0.3 is 0 Å². The van der Waals surface area contributed by atoms with Crippen molar-refractivity contribution in [3.63, 3.8) is 0 Å². The van der Waals surface area contributed by atoms with Crippen LogP contribution in [0.15, 0.2) is 24.3 Å². The van der Waals surface area contributed by atoms with Crippen LogP contribution < -0.4 is 4.74 Å². The highest BCUT2D eigenvalue weighted by Gasteiger charge is 2.65. The highest BCUT2D eigenvalue weighted by atomic mass is 32.2. The first-order valence-corrected chi connectivity index (χ1v) is 15.8. The van der Waals surface area contributed by atoms with E-state index in [-0.39, 0.29) is 29.8 Å². The number of para-hydroxylation sites is 1. The van der Waals surface area contributed by atoms with Gasteiger partial charge in [-0.25, -0.2) is 0 Å². The zero-order valence-electron chi connectivity index (χ0n) is 23.4. The Labute approximate surface area is 225 Å². The first kappa shape index (κ1) is 30.1. The van der Waals surface area contributed by atoms with Gasteiger partial charge in [0.1, 0.15) is 11.5 Å². The van der Waals surface area contributed by atoms with Gasteiger partial charge in [0.15, 0.2) is 6.79 Å². The monoisotopic (exact) mass is 536 g/mol. The predicted molar refractivity (Wildman–Crippen MR) is 147 cm³/mol. The Balaban J connectivity index is 1.24. The minimum atomic E-state index is -3.73. The molecule has 6 nitrogen and oxygen atoms in total. The van der Waals surface area contributed by atoms with Crippen LogP contribution in [-0.4, -0.2) is 40.0 Å². The third kappa shape index (κ3) is 7.79. The number of benzene rings is 1. The molecule has 7 heteroatoms. The maximum absolute atomic E-state index is 12.8. The number of unbranched alkanes of at least 4 members (excludes halogenated alkanes) is 7. The molecule has 2 saturated carbocycles. The Hall–Kier alpha value is -1.44. The van der Waals surface area contributed by atoms with Crippen molar-refractivity contribution in [2.75, 3.05) is 19.7 Å². The van der Waals surface area contributed by atoms with Gasteiger partial charge in [-0.2, -0.15) is 8.42 Å². The Kier molecular flexibility index (Phi) is 11.0. The number of ketones is 1. The SMILES string of the molecule is COCOc1ccccc1CCCCCCCCCC[C@H](C)OS(=O)(=O)C[C@]12CC[C@H](CC1=O)C2(C)C. The van der Waals surface area contributed by atoms with Crippen molar-refractivity contribution in [3.8, 4) is 5.75 Å². The predicted octanol–water partition coefficient (Wildman–Crippen LogP) is 6.85. The molecule has 210 valence electrons. The van der Waals surface area contributed by atoms with E-state index in [9.17, 15) is 13.2 Å². The zero-order valence-corrected chi connectivity index (χ0v) is 24.2. The summed E-state index contributed by atoms with van der Waals surface area (Å²) in [6.07, 6.45) is 12.8. The van der Waals surface area contributed by atoms with Crippen molar-refractivity contribution in [3.05, 3.63) is 29.8 Å². The molecule has 0 N–H and O–H groups in total. The maximum atomic E-state index is 12.8. The number of hydrogen-bond acceptors (Lipinski definition) is 6. The molecule has 0 amide bonds. The normalized spacial score (nSPS) is 23.5. The summed E-state index contributed by atoms with van der Waals surface area (Å²) in [5, 5.41) is 0. The number of hydrogen-bond donors (Lipinski definition) is 0. The lowest BCUT2D eigenvalue weighted by molar-refractivity contribution is -0.128. The van der Waals surface area contributed by atoms with Crippen LogP contribution in [0.5, 0.6) is 5.75 Å². The first-order chi connectivity index (χ1) is 17.6. The molecule has 2 aliphatic rings. The van der Waals surface area contributed by atoms with Crippen molar-refractivity contribution >= 4 is 15.9 Å². The summed E-state index contributed by atoms with van der Waals surface area (Å²) in [4.78, 5) is 12.7. The largest absolute Gasteiger partial charge is 0.467 e. The fourth-order valence-corrected chi connectivity index (χ4v) is 8.47. The van der Waals surface area contributed by atoms with Gasteiger partial charge in [0.25, 0.3) is 10.1 Å². The molecule has 2 fully saturated rings. The molecule has 3 rings (SSSR count). The number of carbonyl (C=O) groups excluding carboxylic acids is 1. The lowest BCUT2D eigenvalue weighted by Crippen LogP contribution is -2.43. The van der Waals surface area contributed by atoms with Crippen LogP contribution in [0.1, 0.15) is 103 Å². The molecular weight excluding hydrogens is 488 g/mol. The van der Waals surface area contributed by atoms with E-state index in [0.717, 1.165) is 44.3 Å². The van der Waals surface area contributed by atoms with Crippen molar-refractivity contribution in [2.24, 2.45) is 16.7 Å². The Morgan fingerprint density at radius 3 is 2.27 bits per heavy atom. The van der Waals surface area contributed by atoms with Crippen LogP contribution in [0.25, 0.3) is 0 Å². The number of methoxy groups -OCH3 is 1. The third-order valence-electron chi connectivity index (χ3n) is 8.98. The summed E-state index contributed by atoms with van der Waals surface area (Å²) in [5.74, 6) is 1.19. The van der Waals surface area contributed by atoms with Gasteiger partial charge in [-0.05, 0) is 62.0 Å². The van der Waals surface area contributed by atoms with Crippen LogP contribution in [-0.2, 0) is 30.3 Å². The van der Waals surface area contributed by atoms with E-state index in [4.69, 9.17) is 13.7 Å². The quantitative estimate of drug-likeness (QED) is 0.116. The van der Waals surface area contributed by atoms with Gasteiger partial charge in [0.05, 0.1) is 17.3 Å². The highest BCUT2D eigenvalue weighted by Crippen LogP contribution is 2.64. The number of Topliss-reactive ketones (excluding diaryl/α,β-unsaturated/α-hetero) is 1. The summed E-state index contributed by atoms with van der Waals surface area (Å²) in [5.41, 5.74) is 0.230. The summed E-state index contributed by atoms with van der Waals surface area (Å²) in [6.45, 7) is 6.24. The molecule has 2 bridgehead atoms. The van der Waals surface area contributed by atoms with Crippen molar-refractivity contribution < 1.29 is 26.9 Å². The minimum absolute atomic E-state index is 0.120. The summed E-state index contributed by atoms with van der Waals surface area (Å²) < 4.78 is 41.9. The van der Waals surface area contributed by atoms with Gasteiger partial charge < -0.3 is 9.47 Å². The van der Waals surface area contributed by atoms with Gasteiger partial charge in [-0.3, -0.25) is 8.98 Å². The van der Waals surface area contributed by atoms with E-state index in [1.165, 1.54) is 37.7 Å². The summed E-state index contributed by atoms with van der Waals surface area (Å²) >= 11 is 0. The van der Waals surface area contributed by atoms with E-state index in [0.29, 0.717) is 18.8 Å². The third-order valence-corrected chi connectivity index (χ3v) is 10.5. The van der Waals surface area contributed by atoms with E-state index in [1.807, 2.05) is 19.1 Å². The van der Waals surface area contributed by atoms with E-state index >= 15 is 0 Å². The topological polar surface area (TPSA) is 78.9 Å². The van der Waals surface area contributed by atoms with Crippen LogP contribution in [0.3, 0.4) is 0 Å². The number of ether oxygens (including phenoxy) is 2. The highest BCUT2D eigenvalue weighted by molar-refractivity contribution is 7.86. The van der Waals surface area contributed by atoms with Gasteiger partial charge in [-0.15, -0.1) is 0 Å². The molecule has 0 heterocycles. The molecule has 0 spiro atoms. The lowest BCUT2D eigenvalue weighted by atomic mass is 9.70. The molecule has 1 aromatic carbocycles. The van der Waals surface area contributed by atoms with Crippen LogP contribution >= 0.6 is 0 Å². The maximum Gasteiger partial charge on any atom is 0.268 e. The Morgan fingerprint density at radius 2 is 1.65 bits per heavy atom. The van der Waals surface area contributed by atoms with Crippen LogP contribution in [0.2, 0.25) is 0 Å². The van der Waals surface area contributed by atoms with E-state index < -0.39 is 15.5 Å². The molecule has 1 aromatic rings. The second-order valence-corrected chi connectivity index (χ2v) is 13.4. The minimum Gasteiger partial charge on any atom is -0.467 e. The van der Waals surface area contributed by atoms with Crippen molar-refractivity contribution in [2.45, 2.75) is 110 Å². The van der Waals surface area contributed by atoms with Crippen LogP contribution in [0, 0.1) is 16.7 Å². The number of carbonyl (C=O) groups is 1. The van der Waals surface area contributed by atoms with Gasteiger partial charge in [0.2, 0.25) is 0 Å². The number of rotatable bonds is 18. The van der Waals surface area contributed by atoms with E-state index in [1.54, 1.807) is 7.11 Å². The molecule has 0 aromatic heterocycles. The smallest absolute Gasteiger partial charge is 0.268 e. The molecule has 0 saturated heterocycles. The average molecular weight is 537 g/mol. The van der Waals surface area contributed by atoms with Gasteiger partial charge in [0, 0.05) is 13.5 Å². The fraction of sp³-hybridized carbons (Fsp3) is 0.767.